The molecule has 6 heteroatoms. The molecular formula is C14H16F2O4. The van der Waals surface area contributed by atoms with Gasteiger partial charge in [-0.3, -0.25) is 4.79 Å². The van der Waals surface area contributed by atoms with E-state index in [-0.39, 0.29) is 0 Å². The lowest BCUT2D eigenvalue weighted by atomic mass is 9.48. The maximum absolute atomic E-state index is 13.3. The fraction of sp³-hybridized carbons (Fsp3) is 0.714. The highest BCUT2D eigenvalue weighted by molar-refractivity contribution is 5.81. The number of aliphatic carboxylic acids is 1. The van der Waals surface area contributed by atoms with Gasteiger partial charge in [0.05, 0.1) is 5.41 Å². The van der Waals surface area contributed by atoms with Crippen LogP contribution in [0.4, 0.5) is 8.78 Å². The van der Waals surface area contributed by atoms with E-state index in [4.69, 9.17) is 9.84 Å². The molecule has 4 bridgehead atoms. The van der Waals surface area contributed by atoms with E-state index in [1.807, 2.05) is 6.08 Å². The fourth-order valence-electron chi connectivity index (χ4n) is 3.81. The third kappa shape index (κ3) is 1.70. The molecule has 0 heterocycles. The summed E-state index contributed by atoms with van der Waals surface area (Å²) in [6.45, 7) is 0.927. The highest BCUT2D eigenvalue weighted by Gasteiger charge is 2.58. The molecule has 110 valence electrons. The van der Waals surface area contributed by atoms with Crippen LogP contribution in [-0.4, -0.2) is 29.1 Å². The molecule has 0 saturated heterocycles. The lowest BCUT2D eigenvalue weighted by molar-refractivity contribution is -0.199. The number of ether oxygens (including phenoxy) is 1. The third-order valence-electron chi connectivity index (χ3n) is 5.03. The first kappa shape index (κ1) is 13.5. The number of fused-ring (bicyclic) bond motifs is 1. The van der Waals surface area contributed by atoms with Crippen LogP contribution in [0.1, 0.15) is 32.6 Å². The van der Waals surface area contributed by atoms with Crippen molar-refractivity contribution in [1.82, 2.24) is 0 Å². The van der Waals surface area contributed by atoms with Crippen LogP contribution >= 0.6 is 0 Å². The first-order valence-electron chi connectivity index (χ1n) is 6.78. The average Bonchev–Trinajstić information content (AvgIpc) is 2.38. The van der Waals surface area contributed by atoms with Crippen LogP contribution in [0.2, 0.25) is 0 Å². The van der Waals surface area contributed by atoms with Gasteiger partial charge in [0.1, 0.15) is 0 Å². The number of alkyl halides is 2. The molecule has 20 heavy (non-hydrogen) atoms. The maximum Gasteiger partial charge on any atom is 0.378 e. The number of esters is 1. The van der Waals surface area contributed by atoms with Gasteiger partial charge in [0.25, 0.3) is 0 Å². The van der Waals surface area contributed by atoms with Crippen LogP contribution in [0.5, 0.6) is 0 Å². The van der Waals surface area contributed by atoms with Crippen LogP contribution in [0.15, 0.2) is 11.6 Å². The smallest absolute Gasteiger partial charge is 0.378 e. The molecule has 0 aromatic rings. The Morgan fingerprint density at radius 3 is 2.55 bits per heavy atom. The van der Waals surface area contributed by atoms with Crippen molar-refractivity contribution >= 4 is 11.9 Å². The molecule has 3 fully saturated rings. The summed E-state index contributed by atoms with van der Waals surface area (Å²) in [5.74, 6) is -6.21. The second-order valence-corrected chi connectivity index (χ2v) is 6.20. The zero-order valence-electron chi connectivity index (χ0n) is 11.1. The summed E-state index contributed by atoms with van der Waals surface area (Å²) in [6.07, 6.45) is 2.98. The van der Waals surface area contributed by atoms with Gasteiger partial charge in [0.15, 0.2) is 6.10 Å². The number of carboxylic acids is 1. The Morgan fingerprint density at radius 1 is 1.45 bits per heavy atom. The summed E-state index contributed by atoms with van der Waals surface area (Å²) in [6, 6.07) is 0. The van der Waals surface area contributed by atoms with E-state index in [1.165, 1.54) is 5.57 Å². The molecule has 3 unspecified atom stereocenters. The number of rotatable bonds is 4. The molecule has 0 amide bonds. The maximum atomic E-state index is 13.3. The minimum absolute atomic E-state index is 0.394. The van der Waals surface area contributed by atoms with Crippen molar-refractivity contribution in [3.63, 3.8) is 0 Å². The van der Waals surface area contributed by atoms with Crippen molar-refractivity contribution in [3.8, 4) is 0 Å². The lowest BCUT2D eigenvalue weighted by Crippen LogP contribution is -2.53. The first-order valence-corrected chi connectivity index (χ1v) is 6.78. The monoisotopic (exact) mass is 286 g/mol. The zero-order chi connectivity index (χ0) is 14.7. The Morgan fingerprint density at radius 2 is 2.05 bits per heavy atom. The van der Waals surface area contributed by atoms with Gasteiger partial charge in [0, 0.05) is 0 Å². The number of carbonyl (C=O) groups excluding carboxylic acids is 1. The molecule has 5 rings (SSSR count). The van der Waals surface area contributed by atoms with E-state index in [0.717, 1.165) is 13.3 Å². The van der Waals surface area contributed by atoms with E-state index in [0.29, 0.717) is 31.1 Å². The molecule has 0 radical (unpaired) electrons. The Labute approximate surface area is 114 Å². The second kappa shape index (κ2) is 4.02. The summed E-state index contributed by atoms with van der Waals surface area (Å²) in [4.78, 5) is 22.7. The third-order valence-corrected chi connectivity index (χ3v) is 5.03. The summed E-state index contributed by atoms with van der Waals surface area (Å²) < 4.78 is 31.4. The Hall–Kier alpha value is -1.46. The summed E-state index contributed by atoms with van der Waals surface area (Å²) in [7, 11) is 0. The predicted octanol–water partition coefficient (Wildman–Crippen LogP) is 2.38. The highest BCUT2D eigenvalue weighted by atomic mass is 19.3. The molecule has 0 aliphatic heterocycles. The lowest BCUT2D eigenvalue weighted by Gasteiger charge is -2.56. The molecule has 5 aliphatic rings. The molecule has 4 atom stereocenters. The molecular weight excluding hydrogens is 270 g/mol. The predicted molar refractivity (Wildman–Crippen MR) is 64.1 cm³/mol. The van der Waals surface area contributed by atoms with Crippen LogP contribution in [0.25, 0.3) is 0 Å². The molecule has 0 aromatic carbocycles. The second-order valence-electron chi connectivity index (χ2n) is 6.20. The van der Waals surface area contributed by atoms with Gasteiger partial charge in [-0.05, 0) is 44.4 Å². The topological polar surface area (TPSA) is 63.6 Å². The summed E-state index contributed by atoms with van der Waals surface area (Å²) >= 11 is 0. The quantitative estimate of drug-likeness (QED) is 0.636. The minimum atomic E-state index is -4.06. The van der Waals surface area contributed by atoms with Crippen molar-refractivity contribution in [1.29, 1.82) is 0 Å². The van der Waals surface area contributed by atoms with Gasteiger partial charge in [0.2, 0.25) is 0 Å². The van der Waals surface area contributed by atoms with Crippen LogP contribution in [-0.2, 0) is 14.3 Å². The van der Waals surface area contributed by atoms with Crippen molar-refractivity contribution in [2.75, 3.05) is 0 Å². The van der Waals surface area contributed by atoms with Crippen molar-refractivity contribution in [2.24, 2.45) is 17.3 Å². The van der Waals surface area contributed by atoms with Crippen LogP contribution in [0, 0.1) is 17.3 Å². The molecule has 0 aromatic heterocycles. The number of allylic oxidation sites excluding steroid dienone is 2. The van der Waals surface area contributed by atoms with Gasteiger partial charge >= 0.3 is 17.9 Å². The average molecular weight is 286 g/mol. The minimum Gasteiger partial charge on any atom is -0.477 e. The van der Waals surface area contributed by atoms with Crippen LogP contribution < -0.4 is 0 Å². The van der Waals surface area contributed by atoms with E-state index < -0.39 is 29.4 Å². The normalized spacial score (nSPS) is 35.9. The highest BCUT2D eigenvalue weighted by Crippen LogP contribution is 2.62. The molecule has 0 spiro atoms. The molecule has 5 aliphatic carbocycles. The number of carbonyl (C=O) groups is 2. The van der Waals surface area contributed by atoms with Crippen molar-refractivity contribution in [3.05, 3.63) is 11.6 Å². The fourth-order valence-corrected chi connectivity index (χ4v) is 3.81. The number of hydrogen-bond donors (Lipinski definition) is 1. The molecule has 1 N–H and O–H groups in total. The van der Waals surface area contributed by atoms with Gasteiger partial charge in [-0.15, -0.1) is 0 Å². The van der Waals surface area contributed by atoms with E-state index >= 15 is 0 Å². The van der Waals surface area contributed by atoms with Gasteiger partial charge in [-0.2, -0.15) is 8.78 Å². The van der Waals surface area contributed by atoms with E-state index in [1.54, 1.807) is 0 Å². The Balaban J connectivity index is 1.72. The SMILES string of the molecule is CC(OC(=O)C12CC=C3C(C[C@@H]3C1)C2)C(F)(F)C(=O)O. The van der Waals surface area contributed by atoms with Crippen LogP contribution in [0.3, 0.4) is 0 Å². The van der Waals surface area contributed by atoms with Gasteiger partial charge < -0.3 is 9.84 Å². The Bertz CT molecular complexity index is 497. The standard InChI is InChI=1S/C14H16F2O4/c1-7(14(15,16)11(17)18)20-12(19)13-3-2-10-8(5-13)4-9(10)6-13/h2,7-9H,3-6H2,1H3,(H,17,18)/t7?,8-,9?,13?/m1/s1. The first-order chi connectivity index (χ1) is 9.26. The van der Waals surface area contributed by atoms with Gasteiger partial charge in [-0.1, -0.05) is 11.6 Å². The van der Waals surface area contributed by atoms with Crippen molar-refractivity contribution < 1.29 is 28.2 Å². The number of halogens is 2. The van der Waals surface area contributed by atoms with Gasteiger partial charge in [-0.25, -0.2) is 4.79 Å². The van der Waals surface area contributed by atoms with E-state index in [9.17, 15) is 18.4 Å². The number of carboxylic acid groups (broad SMARTS) is 1. The molecule has 4 nitrogen and oxygen atoms in total. The molecule has 3 saturated carbocycles. The Kier molecular flexibility index (Phi) is 2.72. The number of hydrogen-bond acceptors (Lipinski definition) is 3. The van der Waals surface area contributed by atoms with Crippen molar-refractivity contribution in [2.45, 2.75) is 44.6 Å². The summed E-state index contributed by atoms with van der Waals surface area (Å²) in [5.41, 5.74) is 0.696. The zero-order valence-corrected chi connectivity index (χ0v) is 11.1. The van der Waals surface area contributed by atoms with E-state index in [2.05, 4.69) is 0 Å². The largest absolute Gasteiger partial charge is 0.477 e. The summed E-state index contributed by atoms with van der Waals surface area (Å²) in [5, 5.41) is 8.46.